The Bertz CT molecular complexity index is 992. The van der Waals surface area contributed by atoms with Crippen LogP contribution in [0.4, 0.5) is 4.79 Å². The van der Waals surface area contributed by atoms with E-state index in [1.807, 2.05) is 50.2 Å². The van der Waals surface area contributed by atoms with Gasteiger partial charge in [0, 0.05) is 13.0 Å². The molecule has 0 saturated heterocycles. The van der Waals surface area contributed by atoms with Gasteiger partial charge in [0.15, 0.2) is 6.04 Å². The molecule has 2 aromatic rings. The van der Waals surface area contributed by atoms with E-state index < -0.39 is 36.2 Å². The molecule has 1 aliphatic rings. The van der Waals surface area contributed by atoms with Gasteiger partial charge in [-0.1, -0.05) is 62.4 Å². The first kappa shape index (κ1) is 25.2. The highest BCUT2D eigenvalue weighted by molar-refractivity contribution is 5.89. The molecule has 0 unspecified atom stereocenters. The third kappa shape index (κ3) is 5.75. The number of carboxylic acid groups (broad SMARTS) is 1. The van der Waals surface area contributed by atoms with Crippen molar-refractivity contribution in [2.24, 2.45) is 5.92 Å². The molecule has 0 aliphatic heterocycles. The molecule has 0 heterocycles. The van der Waals surface area contributed by atoms with E-state index in [9.17, 15) is 19.5 Å². The van der Waals surface area contributed by atoms with Crippen LogP contribution in [0.5, 0.6) is 0 Å². The van der Waals surface area contributed by atoms with Crippen molar-refractivity contribution in [1.82, 2.24) is 10.6 Å². The average Bonchev–Trinajstić information content (AvgIpc) is 3.13. The van der Waals surface area contributed by atoms with Gasteiger partial charge in [-0.25, -0.2) is 9.59 Å². The standard InChI is InChI=1S/C26H32N2O6/c1-15(2)13-22(24(29)28-23(25(30)31)16(3)33-4)27-26(32)34-14-21-19-11-7-5-9-17(19)18-10-6-8-12-20(18)21/h5-12,15-16,21-23H,13-14H2,1-4H3,(H,27,32)(H,28,29)(H,30,31)/t16-,22+,23+/m1/s1. The van der Waals surface area contributed by atoms with Crippen LogP contribution in [0.15, 0.2) is 48.5 Å². The minimum atomic E-state index is -1.24. The second-order valence-electron chi connectivity index (χ2n) is 8.92. The number of alkyl carbamates (subject to hydrolysis) is 1. The van der Waals surface area contributed by atoms with E-state index in [4.69, 9.17) is 9.47 Å². The van der Waals surface area contributed by atoms with Gasteiger partial charge in [-0.2, -0.15) is 0 Å². The van der Waals surface area contributed by atoms with Crippen LogP contribution in [-0.4, -0.2) is 55.0 Å². The predicted molar refractivity (Wildman–Crippen MR) is 127 cm³/mol. The molecule has 182 valence electrons. The number of benzene rings is 2. The lowest BCUT2D eigenvalue weighted by atomic mass is 9.98. The van der Waals surface area contributed by atoms with Gasteiger partial charge in [0.05, 0.1) is 6.10 Å². The van der Waals surface area contributed by atoms with Crippen LogP contribution in [0.1, 0.15) is 44.2 Å². The van der Waals surface area contributed by atoms with Gasteiger partial charge in [-0.15, -0.1) is 0 Å². The Hall–Kier alpha value is -3.39. The summed E-state index contributed by atoms with van der Waals surface area (Å²) in [6, 6.07) is 13.9. The quantitative estimate of drug-likeness (QED) is 0.491. The van der Waals surface area contributed by atoms with Gasteiger partial charge >= 0.3 is 12.1 Å². The minimum absolute atomic E-state index is 0.0766. The molecule has 8 heteroatoms. The largest absolute Gasteiger partial charge is 0.480 e. The molecule has 3 rings (SSSR count). The summed E-state index contributed by atoms with van der Waals surface area (Å²) < 4.78 is 10.6. The van der Waals surface area contributed by atoms with Gasteiger partial charge in [0.2, 0.25) is 5.91 Å². The maximum Gasteiger partial charge on any atom is 0.407 e. The molecule has 3 N–H and O–H groups in total. The van der Waals surface area contributed by atoms with Crippen molar-refractivity contribution < 1.29 is 29.0 Å². The number of amides is 2. The number of carboxylic acids is 1. The van der Waals surface area contributed by atoms with Crippen molar-refractivity contribution >= 4 is 18.0 Å². The highest BCUT2D eigenvalue weighted by atomic mass is 16.5. The summed E-state index contributed by atoms with van der Waals surface area (Å²) in [5, 5.41) is 14.5. The maximum atomic E-state index is 12.8. The Kier molecular flexibility index (Phi) is 8.28. The second-order valence-corrected chi connectivity index (χ2v) is 8.92. The fourth-order valence-electron chi connectivity index (χ4n) is 4.26. The molecule has 0 radical (unpaired) electrons. The molecule has 3 atom stereocenters. The summed E-state index contributed by atoms with van der Waals surface area (Å²) in [7, 11) is 1.37. The summed E-state index contributed by atoms with van der Waals surface area (Å²) in [6.07, 6.45) is -1.14. The van der Waals surface area contributed by atoms with Crippen LogP contribution in [0, 0.1) is 5.92 Å². The van der Waals surface area contributed by atoms with E-state index >= 15 is 0 Å². The molecule has 0 saturated carbocycles. The molecule has 0 bridgehead atoms. The van der Waals surface area contributed by atoms with Gasteiger partial charge in [0.25, 0.3) is 0 Å². The number of hydrogen-bond donors (Lipinski definition) is 3. The van der Waals surface area contributed by atoms with Gasteiger partial charge in [0.1, 0.15) is 12.6 Å². The Morgan fingerprint density at radius 3 is 2.00 bits per heavy atom. The van der Waals surface area contributed by atoms with Crippen molar-refractivity contribution in [2.45, 2.75) is 51.3 Å². The highest BCUT2D eigenvalue weighted by Gasteiger charge is 2.32. The smallest absolute Gasteiger partial charge is 0.407 e. The summed E-state index contributed by atoms with van der Waals surface area (Å²) in [5.74, 6) is -1.84. The van der Waals surface area contributed by atoms with Crippen molar-refractivity contribution in [3.8, 4) is 11.1 Å². The van der Waals surface area contributed by atoms with Crippen molar-refractivity contribution in [3.05, 3.63) is 59.7 Å². The Morgan fingerprint density at radius 1 is 0.941 bits per heavy atom. The Morgan fingerprint density at radius 2 is 1.50 bits per heavy atom. The molecular weight excluding hydrogens is 436 g/mol. The molecule has 2 aromatic carbocycles. The van der Waals surface area contributed by atoms with Crippen LogP contribution in [0.3, 0.4) is 0 Å². The van der Waals surface area contributed by atoms with Crippen molar-refractivity contribution in [2.75, 3.05) is 13.7 Å². The molecular formula is C26H32N2O6. The minimum Gasteiger partial charge on any atom is -0.480 e. The number of ether oxygens (including phenoxy) is 2. The van der Waals surface area contributed by atoms with Crippen LogP contribution in [0.2, 0.25) is 0 Å². The molecule has 8 nitrogen and oxygen atoms in total. The van der Waals surface area contributed by atoms with E-state index in [0.29, 0.717) is 6.42 Å². The van der Waals surface area contributed by atoms with Crippen LogP contribution in [-0.2, 0) is 19.1 Å². The lowest BCUT2D eigenvalue weighted by molar-refractivity contribution is -0.145. The zero-order valence-electron chi connectivity index (χ0n) is 19.9. The number of rotatable bonds is 10. The number of carbonyl (C=O) groups excluding carboxylic acids is 2. The van der Waals surface area contributed by atoms with Gasteiger partial charge in [-0.3, -0.25) is 4.79 Å². The fourth-order valence-corrected chi connectivity index (χ4v) is 4.26. The van der Waals surface area contributed by atoms with Crippen LogP contribution < -0.4 is 10.6 Å². The second kappa shape index (κ2) is 11.2. The third-order valence-corrected chi connectivity index (χ3v) is 6.06. The highest BCUT2D eigenvalue weighted by Crippen LogP contribution is 2.44. The van der Waals surface area contributed by atoms with Crippen LogP contribution in [0.25, 0.3) is 11.1 Å². The van der Waals surface area contributed by atoms with Crippen molar-refractivity contribution in [1.29, 1.82) is 0 Å². The maximum absolute atomic E-state index is 12.8. The number of hydrogen-bond acceptors (Lipinski definition) is 5. The topological polar surface area (TPSA) is 114 Å². The number of carbonyl (C=O) groups is 3. The molecule has 0 spiro atoms. The van der Waals surface area contributed by atoms with Gasteiger partial charge in [-0.05, 0) is 41.5 Å². The third-order valence-electron chi connectivity index (χ3n) is 6.06. The Balaban J connectivity index is 1.67. The molecule has 34 heavy (non-hydrogen) atoms. The zero-order chi connectivity index (χ0) is 24.8. The van der Waals surface area contributed by atoms with E-state index in [-0.39, 0.29) is 18.4 Å². The normalized spacial score (nSPS) is 15.1. The van der Waals surface area contributed by atoms with Gasteiger partial charge < -0.3 is 25.2 Å². The van der Waals surface area contributed by atoms with Crippen LogP contribution >= 0.6 is 0 Å². The number of methoxy groups -OCH3 is 1. The summed E-state index contributed by atoms with van der Waals surface area (Å²) >= 11 is 0. The van der Waals surface area contributed by atoms with E-state index in [1.165, 1.54) is 7.11 Å². The first-order valence-electron chi connectivity index (χ1n) is 11.4. The monoisotopic (exact) mass is 468 g/mol. The zero-order valence-corrected chi connectivity index (χ0v) is 19.9. The molecule has 2 amide bonds. The van der Waals surface area contributed by atoms with E-state index in [2.05, 4.69) is 22.8 Å². The molecule has 0 fully saturated rings. The molecule has 1 aliphatic carbocycles. The first-order chi connectivity index (χ1) is 16.2. The molecule has 0 aromatic heterocycles. The number of aliphatic carboxylic acids is 1. The summed E-state index contributed by atoms with van der Waals surface area (Å²) in [5.41, 5.74) is 4.42. The van der Waals surface area contributed by atoms with E-state index in [1.54, 1.807) is 6.92 Å². The number of nitrogens with one attached hydrogen (secondary N) is 2. The summed E-state index contributed by atoms with van der Waals surface area (Å²) in [4.78, 5) is 37.1. The Labute approximate surface area is 199 Å². The fraction of sp³-hybridized carbons (Fsp3) is 0.423. The average molecular weight is 469 g/mol. The first-order valence-corrected chi connectivity index (χ1v) is 11.4. The lowest BCUT2D eigenvalue weighted by Gasteiger charge is -2.25. The van der Waals surface area contributed by atoms with E-state index in [0.717, 1.165) is 22.3 Å². The lowest BCUT2D eigenvalue weighted by Crippen LogP contribution is -2.55. The predicted octanol–water partition coefficient (Wildman–Crippen LogP) is 3.54. The number of fused-ring (bicyclic) bond motifs is 3. The van der Waals surface area contributed by atoms with Crippen molar-refractivity contribution in [3.63, 3.8) is 0 Å². The SMILES string of the molecule is CO[C@H](C)[C@H](NC(=O)[C@H](CC(C)C)NC(=O)OCC1c2ccccc2-c2ccccc21)C(=O)O. The summed E-state index contributed by atoms with van der Waals surface area (Å²) in [6.45, 7) is 5.49.